The van der Waals surface area contributed by atoms with Crippen LogP contribution >= 0.6 is 13.5 Å². The third kappa shape index (κ3) is 5.68. The van der Waals surface area contributed by atoms with Gasteiger partial charge in [0.2, 0.25) is 0 Å². The number of para-hydroxylation sites is 1. The SMILES string of the molecule is CNC(=O)c1ccnc2c([C@H](C)CNc3cc(-c4ccnc(C(F)(F)F)c4)ncn3)cccc12.S. The van der Waals surface area contributed by atoms with Gasteiger partial charge in [0.15, 0.2) is 0 Å². The number of benzene rings is 1. The number of hydrogen-bond acceptors (Lipinski definition) is 6. The fourth-order valence-corrected chi connectivity index (χ4v) is 3.65. The average molecular weight is 501 g/mol. The molecule has 1 atom stereocenters. The minimum Gasteiger partial charge on any atom is -0.369 e. The van der Waals surface area contributed by atoms with E-state index in [1.54, 1.807) is 25.4 Å². The molecule has 0 saturated carbocycles. The predicted octanol–water partition coefficient (Wildman–Crippen LogP) is 4.79. The molecule has 0 aliphatic heterocycles. The first-order valence-electron chi connectivity index (χ1n) is 10.5. The second-order valence-corrected chi connectivity index (χ2v) is 7.68. The quantitative estimate of drug-likeness (QED) is 0.395. The summed E-state index contributed by atoms with van der Waals surface area (Å²) < 4.78 is 39.0. The lowest BCUT2D eigenvalue weighted by Crippen LogP contribution is -2.18. The van der Waals surface area contributed by atoms with E-state index in [4.69, 9.17) is 0 Å². The topological polar surface area (TPSA) is 92.7 Å². The number of rotatable bonds is 6. The molecule has 0 bridgehead atoms. The standard InChI is InChI=1S/C24H21F3N6O.H2S/c1-14(16-4-3-5-17-18(23(34)28-2)7-9-30-22(16)17)12-31-21-11-19(32-13-33-21)15-6-8-29-20(10-15)24(25,26)27;/h3-11,13-14H,12H2,1-2H3,(H,28,34)(H,31,32,33);1H2/t14-;/m1./s1. The van der Waals surface area contributed by atoms with Gasteiger partial charge in [-0.25, -0.2) is 9.97 Å². The van der Waals surface area contributed by atoms with Gasteiger partial charge in [0.1, 0.15) is 17.8 Å². The average Bonchev–Trinajstić information content (AvgIpc) is 2.85. The maximum atomic E-state index is 13.0. The Morgan fingerprint density at radius 3 is 2.54 bits per heavy atom. The highest BCUT2D eigenvalue weighted by Gasteiger charge is 2.32. The van der Waals surface area contributed by atoms with Crippen molar-refractivity contribution in [3.05, 3.63) is 78.0 Å². The van der Waals surface area contributed by atoms with Crippen LogP contribution in [0.4, 0.5) is 19.0 Å². The summed E-state index contributed by atoms with van der Waals surface area (Å²) in [5.74, 6) is 0.280. The first kappa shape index (κ1) is 25.9. The van der Waals surface area contributed by atoms with Crippen molar-refractivity contribution in [2.45, 2.75) is 19.0 Å². The summed E-state index contributed by atoms with van der Waals surface area (Å²) in [5, 5.41) is 6.61. The van der Waals surface area contributed by atoms with Crippen LogP contribution in [-0.4, -0.2) is 39.4 Å². The Hall–Kier alpha value is -3.73. The highest BCUT2D eigenvalue weighted by atomic mass is 32.1. The molecule has 3 aromatic heterocycles. The summed E-state index contributed by atoms with van der Waals surface area (Å²) in [6.07, 6.45) is -0.526. The second kappa shape index (κ2) is 10.7. The van der Waals surface area contributed by atoms with E-state index >= 15 is 0 Å². The Labute approximate surface area is 206 Å². The lowest BCUT2D eigenvalue weighted by molar-refractivity contribution is -0.141. The Morgan fingerprint density at radius 1 is 1.03 bits per heavy atom. The summed E-state index contributed by atoms with van der Waals surface area (Å²) in [5.41, 5.74) is 1.89. The summed E-state index contributed by atoms with van der Waals surface area (Å²) >= 11 is 0. The number of aromatic nitrogens is 4. The van der Waals surface area contributed by atoms with Gasteiger partial charge in [0.05, 0.1) is 16.8 Å². The van der Waals surface area contributed by atoms with E-state index in [9.17, 15) is 18.0 Å². The van der Waals surface area contributed by atoms with Gasteiger partial charge in [-0.2, -0.15) is 26.7 Å². The molecule has 4 aromatic rings. The molecular formula is C24H23F3N6OS. The van der Waals surface area contributed by atoms with Crippen molar-refractivity contribution in [1.82, 2.24) is 25.3 Å². The van der Waals surface area contributed by atoms with Gasteiger partial charge in [-0.15, -0.1) is 0 Å². The first-order valence-corrected chi connectivity index (χ1v) is 10.5. The van der Waals surface area contributed by atoms with Crippen molar-refractivity contribution in [1.29, 1.82) is 0 Å². The summed E-state index contributed by atoms with van der Waals surface area (Å²) in [6.45, 7) is 2.49. The third-order valence-electron chi connectivity index (χ3n) is 5.41. The fraction of sp³-hybridized carbons (Fsp3) is 0.208. The highest BCUT2D eigenvalue weighted by molar-refractivity contribution is 7.59. The first-order chi connectivity index (χ1) is 16.3. The van der Waals surface area contributed by atoms with E-state index < -0.39 is 11.9 Å². The molecule has 11 heteroatoms. The molecule has 1 aromatic carbocycles. The minimum absolute atomic E-state index is 0. The Balaban J connectivity index is 0.00000342. The van der Waals surface area contributed by atoms with Crippen LogP contribution in [-0.2, 0) is 6.18 Å². The maximum absolute atomic E-state index is 13.0. The van der Waals surface area contributed by atoms with Crippen LogP contribution < -0.4 is 10.6 Å². The van der Waals surface area contributed by atoms with Crippen molar-refractivity contribution in [3.63, 3.8) is 0 Å². The number of carbonyl (C=O) groups is 1. The molecule has 0 spiro atoms. The molecular weight excluding hydrogens is 477 g/mol. The lowest BCUT2D eigenvalue weighted by Gasteiger charge is -2.16. The van der Waals surface area contributed by atoms with Gasteiger partial charge in [-0.1, -0.05) is 25.1 Å². The molecule has 2 N–H and O–H groups in total. The van der Waals surface area contributed by atoms with Gasteiger partial charge in [0.25, 0.3) is 5.91 Å². The zero-order chi connectivity index (χ0) is 24.3. The fourth-order valence-electron chi connectivity index (χ4n) is 3.65. The molecule has 0 radical (unpaired) electrons. The number of hydrogen-bond donors (Lipinski definition) is 2. The molecule has 1 amide bonds. The summed E-state index contributed by atoms with van der Waals surface area (Å²) in [4.78, 5) is 28.4. The molecule has 7 nitrogen and oxygen atoms in total. The third-order valence-corrected chi connectivity index (χ3v) is 5.41. The number of halogens is 3. The van der Waals surface area contributed by atoms with Crippen molar-refractivity contribution in [2.24, 2.45) is 0 Å². The molecule has 3 heterocycles. The van der Waals surface area contributed by atoms with Crippen LogP contribution in [0.1, 0.15) is 34.5 Å². The zero-order valence-electron chi connectivity index (χ0n) is 18.9. The number of nitrogens with one attached hydrogen (secondary N) is 2. The van der Waals surface area contributed by atoms with E-state index in [1.165, 1.54) is 12.4 Å². The van der Waals surface area contributed by atoms with Crippen LogP contribution in [0, 0.1) is 0 Å². The Morgan fingerprint density at radius 2 is 1.80 bits per heavy atom. The van der Waals surface area contributed by atoms with Crippen molar-refractivity contribution >= 4 is 36.1 Å². The van der Waals surface area contributed by atoms with E-state index in [2.05, 4.69) is 30.6 Å². The van der Waals surface area contributed by atoms with Gasteiger partial charge in [-0.05, 0) is 23.8 Å². The molecule has 0 saturated heterocycles. The minimum atomic E-state index is -4.54. The van der Waals surface area contributed by atoms with E-state index in [0.717, 1.165) is 28.7 Å². The monoisotopic (exact) mass is 500 g/mol. The van der Waals surface area contributed by atoms with Crippen molar-refractivity contribution < 1.29 is 18.0 Å². The number of nitrogens with zero attached hydrogens (tertiary/aromatic N) is 4. The Bertz CT molecular complexity index is 1350. The Kier molecular flexibility index (Phi) is 7.90. The largest absolute Gasteiger partial charge is 0.433 e. The van der Waals surface area contributed by atoms with Crippen LogP contribution in [0.5, 0.6) is 0 Å². The van der Waals surface area contributed by atoms with Crippen LogP contribution in [0.25, 0.3) is 22.2 Å². The highest BCUT2D eigenvalue weighted by Crippen LogP contribution is 2.30. The van der Waals surface area contributed by atoms with Gasteiger partial charge < -0.3 is 10.6 Å². The van der Waals surface area contributed by atoms with Crippen LogP contribution in [0.15, 0.2) is 61.2 Å². The van der Waals surface area contributed by atoms with Crippen LogP contribution in [0.3, 0.4) is 0 Å². The maximum Gasteiger partial charge on any atom is 0.433 e. The van der Waals surface area contributed by atoms with E-state index in [0.29, 0.717) is 29.2 Å². The summed E-state index contributed by atoms with van der Waals surface area (Å²) in [7, 11) is 1.58. The van der Waals surface area contributed by atoms with E-state index in [1.807, 2.05) is 25.1 Å². The molecule has 0 aliphatic carbocycles. The van der Waals surface area contributed by atoms with Crippen LogP contribution in [0.2, 0.25) is 0 Å². The second-order valence-electron chi connectivity index (χ2n) is 7.68. The lowest BCUT2D eigenvalue weighted by atomic mass is 9.96. The van der Waals surface area contributed by atoms with Gasteiger partial charge in [0, 0.05) is 48.9 Å². The number of amides is 1. The van der Waals surface area contributed by atoms with E-state index in [-0.39, 0.29) is 25.3 Å². The smallest absolute Gasteiger partial charge is 0.369 e. The van der Waals surface area contributed by atoms with Crippen molar-refractivity contribution in [3.8, 4) is 11.3 Å². The number of anilines is 1. The van der Waals surface area contributed by atoms with Crippen molar-refractivity contribution in [2.75, 3.05) is 18.9 Å². The van der Waals surface area contributed by atoms with Gasteiger partial charge in [-0.3, -0.25) is 14.8 Å². The number of carbonyl (C=O) groups excluding carboxylic acids is 1. The predicted molar refractivity (Wildman–Crippen MR) is 133 cm³/mol. The number of pyridine rings is 2. The molecule has 0 fully saturated rings. The molecule has 182 valence electrons. The number of fused-ring (bicyclic) bond motifs is 1. The molecule has 0 unspecified atom stereocenters. The van der Waals surface area contributed by atoms with Gasteiger partial charge >= 0.3 is 6.18 Å². The molecule has 0 aliphatic rings. The molecule has 4 rings (SSSR count). The number of alkyl halides is 3. The normalized spacial score (nSPS) is 12.0. The summed E-state index contributed by atoms with van der Waals surface area (Å²) in [6, 6.07) is 11.4. The zero-order valence-corrected chi connectivity index (χ0v) is 19.9. The molecule has 35 heavy (non-hydrogen) atoms.